The number of amides is 2. The highest BCUT2D eigenvalue weighted by molar-refractivity contribution is 5.95. The molecule has 0 radical (unpaired) electrons. The van der Waals surface area contributed by atoms with Crippen LogP contribution in [-0.4, -0.2) is 71.6 Å². The molecule has 0 spiro atoms. The van der Waals surface area contributed by atoms with Gasteiger partial charge in [0.2, 0.25) is 11.8 Å². The van der Waals surface area contributed by atoms with Gasteiger partial charge in [0.15, 0.2) is 0 Å². The number of benzene rings is 1. The molecule has 248 valence electrons. The molecule has 10 nitrogen and oxygen atoms in total. The van der Waals surface area contributed by atoms with Crippen molar-refractivity contribution in [3.05, 3.63) is 59.8 Å². The zero-order valence-electron chi connectivity index (χ0n) is 27.9. The number of ether oxygens (including phenoxy) is 3. The molecule has 1 aliphatic heterocycles. The summed E-state index contributed by atoms with van der Waals surface area (Å²) in [6.07, 6.45) is 7.48. The van der Waals surface area contributed by atoms with Gasteiger partial charge >= 0.3 is 5.97 Å². The summed E-state index contributed by atoms with van der Waals surface area (Å²) in [6, 6.07) is 11.5. The first-order valence-electron chi connectivity index (χ1n) is 16.6. The Morgan fingerprint density at radius 1 is 1.04 bits per heavy atom. The molecular weight excluding hydrogens is 596 g/mol. The van der Waals surface area contributed by atoms with E-state index in [2.05, 4.69) is 11.4 Å². The summed E-state index contributed by atoms with van der Waals surface area (Å²) in [6.45, 7) is 6.50. The van der Waals surface area contributed by atoms with Gasteiger partial charge in [0.05, 0.1) is 42.5 Å². The van der Waals surface area contributed by atoms with Gasteiger partial charge in [-0.1, -0.05) is 18.2 Å². The summed E-state index contributed by atoms with van der Waals surface area (Å²) in [7, 11) is 3.43. The molecule has 2 aromatic heterocycles. The van der Waals surface area contributed by atoms with Gasteiger partial charge in [-0.15, -0.1) is 0 Å². The number of carbonyl (C=O) groups is 3. The minimum absolute atomic E-state index is 0.0776. The molecule has 0 unspecified atom stereocenters. The fourth-order valence-corrected chi connectivity index (χ4v) is 7.13. The van der Waals surface area contributed by atoms with E-state index in [1.165, 1.54) is 0 Å². The number of rotatable bonds is 6. The molecule has 2 fully saturated rings. The van der Waals surface area contributed by atoms with Crippen LogP contribution in [0.4, 0.5) is 0 Å². The van der Waals surface area contributed by atoms with E-state index in [-0.39, 0.29) is 24.3 Å². The Hall–Kier alpha value is -4.47. The lowest BCUT2D eigenvalue weighted by Crippen LogP contribution is -2.50. The molecule has 3 aliphatic rings. The number of aryl methyl sites for hydroxylation is 2. The second-order valence-electron chi connectivity index (χ2n) is 13.1. The monoisotopic (exact) mass is 640 g/mol. The molecule has 1 aromatic carbocycles. The van der Waals surface area contributed by atoms with Crippen LogP contribution in [0, 0.1) is 31.6 Å². The molecule has 0 bridgehead atoms. The van der Waals surface area contributed by atoms with Crippen molar-refractivity contribution >= 4 is 28.7 Å². The average molecular weight is 641 g/mol. The molecule has 3 heterocycles. The quantitative estimate of drug-likeness (QED) is 0.284. The van der Waals surface area contributed by atoms with Crippen LogP contribution in [0.1, 0.15) is 56.7 Å². The van der Waals surface area contributed by atoms with Gasteiger partial charge in [-0.05, 0) is 83.6 Å². The smallest absolute Gasteiger partial charge is 0.332 e. The Morgan fingerprint density at radius 3 is 2.62 bits per heavy atom. The van der Waals surface area contributed by atoms with Crippen LogP contribution in [0.3, 0.4) is 0 Å². The predicted octanol–water partition coefficient (Wildman–Crippen LogP) is 5.33. The number of nitrogens with zero attached hydrogens (tertiary/aromatic N) is 3. The van der Waals surface area contributed by atoms with Crippen molar-refractivity contribution in [2.24, 2.45) is 17.8 Å². The van der Waals surface area contributed by atoms with Crippen molar-refractivity contribution in [3.8, 4) is 22.9 Å². The van der Waals surface area contributed by atoms with Crippen molar-refractivity contribution in [1.82, 2.24) is 20.2 Å². The van der Waals surface area contributed by atoms with Crippen LogP contribution >= 0.6 is 0 Å². The summed E-state index contributed by atoms with van der Waals surface area (Å²) in [5.74, 6) is -0.881. The third-order valence-corrected chi connectivity index (χ3v) is 9.84. The third kappa shape index (κ3) is 6.42. The maximum atomic E-state index is 14.1. The Bertz CT molecular complexity index is 1720. The van der Waals surface area contributed by atoms with Gasteiger partial charge in [0.25, 0.3) is 0 Å². The largest absolute Gasteiger partial charge is 0.496 e. The van der Waals surface area contributed by atoms with Crippen molar-refractivity contribution in [3.63, 3.8) is 0 Å². The molecule has 2 saturated carbocycles. The number of fused-ring (bicyclic) bond motifs is 3. The van der Waals surface area contributed by atoms with Crippen LogP contribution in [0.5, 0.6) is 11.5 Å². The molecule has 0 saturated heterocycles. The van der Waals surface area contributed by atoms with E-state index >= 15 is 0 Å². The van der Waals surface area contributed by atoms with Crippen molar-refractivity contribution in [1.29, 1.82) is 0 Å². The molecular formula is C37H44N4O6. The molecule has 47 heavy (non-hydrogen) atoms. The van der Waals surface area contributed by atoms with Gasteiger partial charge in [0.1, 0.15) is 23.1 Å². The number of nitrogens with one attached hydrogen (secondary N) is 1. The number of methoxy groups -OCH3 is 1. The molecule has 2 amide bonds. The SMILES string of the molecule is CCOC(=O)[C@@]12C[C@@H]1/C=C\CCCCN(C)C(=O)[C@@H]1C[C@H](Oc3cc(-c4cccc(C)n4)nc4c(C)c(OC)ccc34)C[C@H]1C(=O)N2. The molecule has 6 rings (SSSR count). The maximum absolute atomic E-state index is 14.1. The van der Waals surface area contributed by atoms with Crippen molar-refractivity contribution in [2.75, 3.05) is 27.3 Å². The van der Waals surface area contributed by atoms with Gasteiger partial charge in [-0.3, -0.25) is 14.6 Å². The van der Waals surface area contributed by atoms with Crippen molar-refractivity contribution in [2.45, 2.75) is 70.9 Å². The van der Waals surface area contributed by atoms with E-state index in [0.717, 1.165) is 41.4 Å². The van der Waals surface area contributed by atoms with E-state index in [9.17, 15) is 14.4 Å². The van der Waals surface area contributed by atoms with E-state index in [1.807, 2.05) is 56.3 Å². The highest BCUT2D eigenvalue weighted by Crippen LogP contribution is 2.47. The first kappa shape index (κ1) is 32.5. The van der Waals surface area contributed by atoms with Crippen LogP contribution < -0.4 is 14.8 Å². The van der Waals surface area contributed by atoms with Crippen LogP contribution in [0.25, 0.3) is 22.3 Å². The number of hydrogen-bond donors (Lipinski definition) is 1. The zero-order valence-corrected chi connectivity index (χ0v) is 27.9. The van der Waals surface area contributed by atoms with Crippen LogP contribution in [0.15, 0.2) is 48.6 Å². The van der Waals surface area contributed by atoms with Gasteiger partial charge in [-0.2, -0.15) is 0 Å². The predicted molar refractivity (Wildman–Crippen MR) is 178 cm³/mol. The fourth-order valence-electron chi connectivity index (χ4n) is 7.13. The van der Waals surface area contributed by atoms with E-state index in [1.54, 1.807) is 26.0 Å². The highest BCUT2D eigenvalue weighted by Gasteiger charge is 2.62. The number of hydrogen-bond acceptors (Lipinski definition) is 8. The Morgan fingerprint density at radius 2 is 1.85 bits per heavy atom. The maximum Gasteiger partial charge on any atom is 0.332 e. The van der Waals surface area contributed by atoms with Crippen LogP contribution in [0.2, 0.25) is 0 Å². The number of aromatic nitrogens is 2. The molecule has 1 N–H and O–H groups in total. The lowest BCUT2D eigenvalue weighted by Gasteiger charge is -2.26. The van der Waals surface area contributed by atoms with E-state index in [0.29, 0.717) is 48.7 Å². The van der Waals surface area contributed by atoms with Crippen molar-refractivity contribution < 1.29 is 28.6 Å². The second-order valence-corrected chi connectivity index (χ2v) is 13.1. The summed E-state index contributed by atoms with van der Waals surface area (Å²) >= 11 is 0. The van der Waals surface area contributed by atoms with E-state index < -0.39 is 29.4 Å². The van der Waals surface area contributed by atoms with Gasteiger partial charge in [-0.25, -0.2) is 9.78 Å². The molecule has 3 aromatic rings. The van der Waals surface area contributed by atoms with Gasteiger partial charge in [0, 0.05) is 42.2 Å². The first-order valence-corrected chi connectivity index (χ1v) is 16.6. The van der Waals surface area contributed by atoms with Crippen LogP contribution in [-0.2, 0) is 19.1 Å². The highest BCUT2D eigenvalue weighted by atomic mass is 16.5. The second kappa shape index (κ2) is 13.3. The first-order chi connectivity index (χ1) is 22.6. The Balaban J connectivity index is 1.35. The van der Waals surface area contributed by atoms with E-state index in [4.69, 9.17) is 24.2 Å². The fraction of sp³-hybridized carbons (Fsp3) is 0.486. The minimum atomic E-state index is -1.10. The summed E-state index contributed by atoms with van der Waals surface area (Å²) in [5, 5.41) is 3.87. The molecule has 5 atom stereocenters. The standard InChI is InChI=1S/C37H44N4O6/c1-6-46-36(44)37-21-24(37)13-9-7-8-10-17-41(4)35(43)28-19-25(18-27(28)34(42)40-37)47-32-20-30(29-14-11-12-22(2)38-29)39-33-23(3)31(45-5)16-15-26(32)33/h9,11-16,20,24-25,27-28H,6-8,10,17-19,21H2,1-5H3,(H,40,42)/b13-9-/t24-,25+,27+,28+,37+/m0/s1. The molecule has 2 aliphatic carbocycles. The average Bonchev–Trinajstić information content (AvgIpc) is 3.59. The number of allylic oxidation sites excluding steroid dienone is 1. The normalized spacial score (nSPS) is 26.9. The summed E-state index contributed by atoms with van der Waals surface area (Å²) in [4.78, 5) is 52.5. The minimum Gasteiger partial charge on any atom is -0.496 e. The van der Waals surface area contributed by atoms with Gasteiger partial charge < -0.3 is 24.4 Å². The topological polar surface area (TPSA) is 120 Å². The third-order valence-electron chi connectivity index (χ3n) is 9.84. The summed E-state index contributed by atoms with van der Waals surface area (Å²) in [5.41, 5.74) is 2.74. The molecule has 10 heteroatoms. The number of pyridine rings is 2. The Kier molecular flexibility index (Phi) is 9.21. The lowest BCUT2D eigenvalue weighted by atomic mass is 9.93. The summed E-state index contributed by atoms with van der Waals surface area (Å²) < 4.78 is 17.8. The Labute approximate surface area is 275 Å². The zero-order chi connectivity index (χ0) is 33.3. The number of esters is 1. The lowest BCUT2D eigenvalue weighted by molar-refractivity contribution is -0.150. The number of carbonyl (C=O) groups excluding carboxylic acids is 3.